The molecule has 0 bridgehead atoms. The lowest BCUT2D eigenvalue weighted by Crippen LogP contribution is -2.45. The van der Waals surface area contributed by atoms with Crippen LogP contribution in [-0.2, 0) is 9.59 Å². The number of ether oxygens (including phenoxy) is 2. The molecule has 2 aromatic rings. The van der Waals surface area contributed by atoms with Gasteiger partial charge in [0.25, 0.3) is 11.8 Å². The number of halogens is 2. The van der Waals surface area contributed by atoms with Gasteiger partial charge in [0.15, 0.2) is 0 Å². The summed E-state index contributed by atoms with van der Waals surface area (Å²) in [5, 5.41) is 23.8. The van der Waals surface area contributed by atoms with E-state index in [0.29, 0.717) is 0 Å². The molecule has 0 aliphatic rings. The number of nitrogens with one attached hydrogen (secondary N) is 2. The monoisotopic (exact) mass is 544 g/mol. The molecular formula is C22H22Cl2N2O8S. The summed E-state index contributed by atoms with van der Waals surface area (Å²) in [6.07, 6.45) is 0. The van der Waals surface area contributed by atoms with Crippen molar-refractivity contribution in [3.05, 3.63) is 57.6 Å². The van der Waals surface area contributed by atoms with Gasteiger partial charge in [0.2, 0.25) is 0 Å². The largest absolute Gasteiger partial charge is 0.496 e. The van der Waals surface area contributed by atoms with Gasteiger partial charge in [-0.15, -0.1) is 0 Å². The Hall–Kier alpha value is -3.15. The van der Waals surface area contributed by atoms with Gasteiger partial charge in [0, 0.05) is 11.5 Å². The second kappa shape index (κ2) is 13.1. The molecule has 2 amide bonds. The Morgan fingerprint density at radius 3 is 1.60 bits per heavy atom. The number of amides is 2. The third-order valence-corrected chi connectivity index (χ3v) is 6.39. The molecule has 0 aromatic heterocycles. The van der Waals surface area contributed by atoms with E-state index in [1.165, 1.54) is 44.6 Å². The summed E-state index contributed by atoms with van der Waals surface area (Å²) in [5.74, 6) is -4.23. The zero-order valence-corrected chi connectivity index (χ0v) is 20.9. The summed E-state index contributed by atoms with van der Waals surface area (Å²) < 4.78 is 10.3. The van der Waals surface area contributed by atoms with Crippen molar-refractivity contribution in [3.63, 3.8) is 0 Å². The molecular weight excluding hydrogens is 523 g/mol. The van der Waals surface area contributed by atoms with E-state index in [-0.39, 0.29) is 44.2 Å². The molecule has 188 valence electrons. The molecule has 2 aromatic carbocycles. The summed E-state index contributed by atoms with van der Waals surface area (Å²) in [6.45, 7) is 0. The van der Waals surface area contributed by atoms with Gasteiger partial charge in [0.05, 0.1) is 29.8 Å². The first-order chi connectivity index (χ1) is 16.6. The summed E-state index contributed by atoms with van der Waals surface area (Å²) in [4.78, 5) is 48.6. The van der Waals surface area contributed by atoms with Crippen molar-refractivity contribution in [3.8, 4) is 11.5 Å². The van der Waals surface area contributed by atoms with Crippen LogP contribution in [-0.4, -0.2) is 71.8 Å². The van der Waals surface area contributed by atoms with Gasteiger partial charge in [-0.25, -0.2) is 9.59 Å². The second-order valence-electron chi connectivity index (χ2n) is 6.90. The Morgan fingerprint density at radius 1 is 0.800 bits per heavy atom. The van der Waals surface area contributed by atoms with Crippen molar-refractivity contribution in [2.24, 2.45) is 0 Å². The van der Waals surface area contributed by atoms with Crippen LogP contribution in [0, 0.1) is 0 Å². The van der Waals surface area contributed by atoms with Crippen molar-refractivity contribution in [1.82, 2.24) is 10.6 Å². The van der Waals surface area contributed by atoms with Gasteiger partial charge >= 0.3 is 11.9 Å². The lowest BCUT2D eigenvalue weighted by atomic mass is 10.1. The third-order valence-electron chi connectivity index (χ3n) is 4.62. The van der Waals surface area contributed by atoms with Crippen LogP contribution in [0.2, 0.25) is 10.0 Å². The summed E-state index contributed by atoms with van der Waals surface area (Å²) in [6, 6.07) is 6.31. The van der Waals surface area contributed by atoms with Gasteiger partial charge in [-0.2, -0.15) is 11.8 Å². The number of benzene rings is 2. The van der Waals surface area contributed by atoms with E-state index in [1.807, 2.05) is 0 Å². The average molecular weight is 545 g/mol. The van der Waals surface area contributed by atoms with Crippen LogP contribution in [0.1, 0.15) is 20.7 Å². The van der Waals surface area contributed by atoms with Crippen LogP contribution in [0.4, 0.5) is 0 Å². The van der Waals surface area contributed by atoms with Crippen LogP contribution in [0.3, 0.4) is 0 Å². The van der Waals surface area contributed by atoms with Crippen LogP contribution in [0.25, 0.3) is 0 Å². The highest BCUT2D eigenvalue weighted by molar-refractivity contribution is 7.99. The number of methoxy groups -OCH3 is 2. The zero-order chi connectivity index (χ0) is 26.1. The molecule has 0 unspecified atom stereocenters. The van der Waals surface area contributed by atoms with Crippen molar-refractivity contribution >= 4 is 58.7 Å². The van der Waals surface area contributed by atoms with Crippen molar-refractivity contribution in [1.29, 1.82) is 0 Å². The minimum absolute atomic E-state index is 0.0149. The number of hydrogen-bond acceptors (Lipinski definition) is 7. The first-order valence-corrected chi connectivity index (χ1v) is 11.8. The fraction of sp³-hybridized carbons (Fsp3) is 0.273. The SMILES string of the molecule is COc1cccc(OC)c1C(=O)N[C@@H](CSC[C@H](NC(=O)c1c(Cl)cccc1Cl)C(=O)O)C(=O)O. The number of rotatable bonds is 12. The molecule has 2 rings (SSSR count). The molecule has 0 aliphatic carbocycles. The number of carbonyl (C=O) groups is 4. The number of thioether (sulfide) groups is 1. The highest BCUT2D eigenvalue weighted by atomic mass is 35.5. The smallest absolute Gasteiger partial charge is 0.327 e. The highest BCUT2D eigenvalue weighted by Gasteiger charge is 2.27. The van der Waals surface area contributed by atoms with Crippen molar-refractivity contribution < 1.29 is 38.9 Å². The van der Waals surface area contributed by atoms with E-state index in [9.17, 15) is 29.4 Å². The molecule has 0 fully saturated rings. The molecule has 4 N–H and O–H groups in total. The molecule has 10 nitrogen and oxygen atoms in total. The molecule has 0 saturated carbocycles. The molecule has 13 heteroatoms. The Bertz CT molecular complexity index is 1070. The van der Waals surface area contributed by atoms with Gasteiger partial charge in [0.1, 0.15) is 29.1 Å². The average Bonchev–Trinajstić information content (AvgIpc) is 2.81. The lowest BCUT2D eigenvalue weighted by molar-refractivity contribution is -0.139. The molecule has 35 heavy (non-hydrogen) atoms. The number of carboxylic acids is 2. The Balaban J connectivity index is 2.06. The molecule has 0 aliphatic heterocycles. The number of hydrogen-bond donors (Lipinski definition) is 4. The molecule has 2 atom stereocenters. The van der Waals surface area contributed by atoms with E-state index in [4.69, 9.17) is 32.7 Å². The number of carbonyl (C=O) groups excluding carboxylic acids is 2. The minimum atomic E-state index is -1.38. The van der Waals surface area contributed by atoms with Crippen LogP contribution in [0.5, 0.6) is 11.5 Å². The predicted octanol–water partition coefficient (Wildman–Crippen LogP) is 2.81. The Morgan fingerprint density at radius 2 is 1.20 bits per heavy atom. The third kappa shape index (κ3) is 7.41. The first kappa shape index (κ1) is 28.1. The van der Waals surface area contributed by atoms with E-state index >= 15 is 0 Å². The maximum absolute atomic E-state index is 12.8. The molecule has 0 radical (unpaired) electrons. The van der Waals surface area contributed by atoms with Gasteiger partial charge in [-0.05, 0) is 24.3 Å². The van der Waals surface area contributed by atoms with E-state index in [2.05, 4.69) is 10.6 Å². The fourth-order valence-corrected chi connectivity index (χ4v) is 4.53. The molecule has 0 saturated heterocycles. The quantitative estimate of drug-likeness (QED) is 0.316. The topological polar surface area (TPSA) is 151 Å². The predicted molar refractivity (Wildman–Crippen MR) is 131 cm³/mol. The Kier molecular flexibility index (Phi) is 10.5. The number of carboxylic acid groups (broad SMARTS) is 2. The van der Waals surface area contributed by atoms with E-state index < -0.39 is 35.8 Å². The second-order valence-corrected chi connectivity index (χ2v) is 8.79. The van der Waals surface area contributed by atoms with Crippen LogP contribution in [0.15, 0.2) is 36.4 Å². The minimum Gasteiger partial charge on any atom is -0.496 e. The summed E-state index contributed by atoms with van der Waals surface area (Å²) in [7, 11) is 2.71. The Labute approximate surface area is 214 Å². The van der Waals surface area contributed by atoms with Crippen LogP contribution >= 0.6 is 35.0 Å². The van der Waals surface area contributed by atoms with Crippen molar-refractivity contribution in [2.75, 3.05) is 25.7 Å². The zero-order valence-electron chi connectivity index (χ0n) is 18.5. The summed E-state index contributed by atoms with van der Waals surface area (Å²) >= 11 is 12.9. The molecule has 0 heterocycles. The standard InChI is InChI=1S/C22H22Cl2N2O8S/c1-33-15-7-4-8-16(34-2)18(15)20(28)26-14(22(31)32)10-35-9-13(21(29)30)25-19(27)17-11(23)5-3-6-12(17)24/h3-8,13-14H,9-10H2,1-2H3,(H,25,27)(H,26,28)(H,29,30)(H,31,32)/t13-,14-/m0/s1. The summed E-state index contributed by atoms with van der Waals surface area (Å²) in [5.41, 5.74) is -0.0606. The van der Waals surface area contributed by atoms with Gasteiger partial charge in [-0.3, -0.25) is 9.59 Å². The lowest BCUT2D eigenvalue weighted by Gasteiger charge is -2.19. The fourth-order valence-electron chi connectivity index (χ4n) is 2.90. The van der Waals surface area contributed by atoms with Crippen LogP contribution < -0.4 is 20.1 Å². The van der Waals surface area contributed by atoms with E-state index in [1.54, 1.807) is 6.07 Å². The normalized spacial score (nSPS) is 12.2. The molecule has 0 spiro atoms. The van der Waals surface area contributed by atoms with Crippen molar-refractivity contribution in [2.45, 2.75) is 12.1 Å². The first-order valence-electron chi connectivity index (χ1n) is 9.90. The van der Waals surface area contributed by atoms with Gasteiger partial charge < -0.3 is 30.3 Å². The van der Waals surface area contributed by atoms with Gasteiger partial charge in [-0.1, -0.05) is 35.3 Å². The van der Waals surface area contributed by atoms with E-state index in [0.717, 1.165) is 11.8 Å². The number of aliphatic carboxylic acids is 2. The maximum Gasteiger partial charge on any atom is 0.327 e. The maximum atomic E-state index is 12.8. The highest BCUT2D eigenvalue weighted by Crippen LogP contribution is 2.28.